The number of fused-ring (bicyclic) bond motifs is 1. The van der Waals surface area contributed by atoms with Gasteiger partial charge in [0.1, 0.15) is 11.3 Å². The highest BCUT2D eigenvalue weighted by Crippen LogP contribution is 2.23. The first-order valence-corrected chi connectivity index (χ1v) is 8.65. The molecule has 0 aliphatic rings. The molecule has 0 N–H and O–H groups in total. The van der Waals surface area contributed by atoms with Crippen molar-refractivity contribution in [2.24, 2.45) is 0 Å². The Morgan fingerprint density at radius 2 is 1.48 bits per heavy atom. The second kappa shape index (κ2) is 10.3. The van der Waals surface area contributed by atoms with Gasteiger partial charge in [0.25, 0.3) is 0 Å². The van der Waals surface area contributed by atoms with Crippen LogP contribution in [0.25, 0.3) is 10.9 Å². The summed E-state index contributed by atoms with van der Waals surface area (Å²) in [5.41, 5.74) is 4.51. The average Bonchev–Trinajstić information content (AvgIpc) is 2.63. The predicted molar refractivity (Wildman–Crippen MR) is 110 cm³/mol. The maximum Gasteiger partial charge on any atom is 0.145 e. The van der Waals surface area contributed by atoms with Crippen molar-refractivity contribution in [3.05, 3.63) is 65.9 Å². The van der Waals surface area contributed by atoms with Crippen molar-refractivity contribution < 1.29 is 4.74 Å². The van der Waals surface area contributed by atoms with Crippen LogP contribution in [0.5, 0.6) is 5.75 Å². The summed E-state index contributed by atoms with van der Waals surface area (Å²) in [6.45, 7) is 8.07. The van der Waals surface area contributed by atoms with Crippen LogP contribution in [-0.4, -0.2) is 26.2 Å². The van der Waals surface area contributed by atoms with Gasteiger partial charge in [-0.3, -0.25) is 0 Å². The van der Waals surface area contributed by atoms with E-state index in [2.05, 4.69) is 47.1 Å². The van der Waals surface area contributed by atoms with Crippen molar-refractivity contribution in [1.29, 1.82) is 0 Å². The average molecular weight is 338 g/mol. The fourth-order valence-corrected chi connectivity index (χ4v) is 2.23. The van der Waals surface area contributed by atoms with Gasteiger partial charge < -0.3 is 9.64 Å². The zero-order valence-electron chi connectivity index (χ0n) is 16.5. The Labute approximate surface area is 152 Å². The maximum absolute atomic E-state index is 5.22. The summed E-state index contributed by atoms with van der Waals surface area (Å²) in [6, 6.07) is 18.5. The molecule has 1 aromatic heterocycles. The van der Waals surface area contributed by atoms with Crippen LogP contribution in [0.3, 0.4) is 0 Å². The summed E-state index contributed by atoms with van der Waals surface area (Å²) in [7, 11) is 5.76. The molecule has 0 fully saturated rings. The fraction of sp³-hybridized carbons (Fsp3) is 0.318. The number of ether oxygens (including phenoxy) is 1. The first-order valence-electron chi connectivity index (χ1n) is 8.65. The number of aryl methyl sites for hydroxylation is 2. The van der Waals surface area contributed by atoms with Gasteiger partial charge in [0.05, 0.1) is 7.11 Å². The van der Waals surface area contributed by atoms with E-state index in [0.29, 0.717) is 0 Å². The number of aromatic nitrogens is 1. The normalized spacial score (nSPS) is 9.40. The molecule has 3 nitrogen and oxygen atoms in total. The molecule has 3 rings (SSSR count). The van der Waals surface area contributed by atoms with Gasteiger partial charge in [-0.15, -0.1) is 0 Å². The molecule has 0 radical (unpaired) electrons. The molecule has 25 heavy (non-hydrogen) atoms. The van der Waals surface area contributed by atoms with E-state index < -0.39 is 0 Å². The van der Waals surface area contributed by atoms with E-state index >= 15 is 0 Å². The van der Waals surface area contributed by atoms with E-state index in [4.69, 9.17) is 4.74 Å². The smallest absolute Gasteiger partial charge is 0.145 e. The number of para-hydroxylation sites is 1. The summed E-state index contributed by atoms with van der Waals surface area (Å²) in [4.78, 5) is 6.52. The van der Waals surface area contributed by atoms with E-state index in [-0.39, 0.29) is 0 Å². The molecule has 0 saturated heterocycles. The first-order chi connectivity index (χ1) is 12.0. The van der Waals surface area contributed by atoms with Crippen LogP contribution >= 0.6 is 0 Å². The molecule has 0 aliphatic carbocycles. The SMILES string of the molecule is CC.COc1cccc2ccc(C)nc12.Cc1ccc(N(C)C)cc1. The van der Waals surface area contributed by atoms with Crippen molar-refractivity contribution in [3.63, 3.8) is 0 Å². The topological polar surface area (TPSA) is 25.4 Å². The van der Waals surface area contributed by atoms with E-state index in [1.54, 1.807) is 7.11 Å². The number of methoxy groups -OCH3 is 1. The second-order valence-corrected chi connectivity index (χ2v) is 5.71. The van der Waals surface area contributed by atoms with Gasteiger partial charge in [-0.05, 0) is 38.1 Å². The number of pyridine rings is 1. The van der Waals surface area contributed by atoms with Crippen molar-refractivity contribution in [2.45, 2.75) is 27.7 Å². The molecule has 2 aromatic carbocycles. The highest BCUT2D eigenvalue weighted by atomic mass is 16.5. The quantitative estimate of drug-likeness (QED) is 0.604. The lowest BCUT2D eigenvalue weighted by Gasteiger charge is -2.11. The van der Waals surface area contributed by atoms with Crippen LogP contribution in [0.4, 0.5) is 5.69 Å². The number of anilines is 1. The van der Waals surface area contributed by atoms with Crippen molar-refractivity contribution in [3.8, 4) is 5.75 Å². The molecule has 0 saturated carbocycles. The van der Waals surface area contributed by atoms with E-state index in [0.717, 1.165) is 22.3 Å². The summed E-state index contributed by atoms with van der Waals surface area (Å²) >= 11 is 0. The van der Waals surface area contributed by atoms with Crippen molar-refractivity contribution >= 4 is 16.6 Å². The molecule has 0 aliphatic heterocycles. The molecular weight excluding hydrogens is 308 g/mol. The zero-order valence-corrected chi connectivity index (χ0v) is 16.5. The van der Waals surface area contributed by atoms with Gasteiger partial charge in [-0.1, -0.05) is 49.7 Å². The molecule has 3 aromatic rings. The third-order valence-corrected chi connectivity index (χ3v) is 3.59. The van der Waals surface area contributed by atoms with Crippen LogP contribution in [0.2, 0.25) is 0 Å². The summed E-state index contributed by atoms with van der Waals surface area (Å²) in [5, 5.41) is 1.12. The summed E-state index contributed by atoms with van der Waals surface area (Å²) in [5.74, 6) is 0.834. The van der Waals surface area contributed by atoms with Crippen molar-refractivity contribution in [1.82, 2.24) is 4.98 Å². The van der Waals surface area contributed by atoms with Crippen molar-refractivity contribution in [2.75, 3.05) is 26.1 Å². The highest BCUT2D eigenvalue weighted by Gasteiger charge is 2.01. The molecule has 1 heterocycles. The molecule has 0 unspecified atom stereocenters. The predicted octanol–water partition coefficient (Wildman–Crippen LogP) is 5.64. The molecule has 0 bridgehead atoms. The van der Waals surface area contributed by atoms with Gasteiger partial charge in [0, 0.05) is 30.9 Å². The van der Waals surface area contributed by atoms with E-state index in [1.807, 2.05) is 59.1 Å². The van der Waals surface area contributed by atoms with E-state index in [1.165, 1.54) is 11.3 Å². The number of hydrogen-bond acceptors (Lipinski definition) is 3. The standard InChI is InChI=1S/C11H11NO.C9H13N.C2H6/c1-8-6-7-9-4-3-5-10(13-2)11(9)12-8;1-8-4-6-9(7-5-8)10(2)3;1-2/h3-7H,1-2H3;4-7H,1-3H3;1-2H3. The van der Waals surface area contributed by atoms with Gasteiger partial charge >= 0.3 is 0 Å². The van der Waals surface area contributed by atoms with E-state index in [9.17, 15) is 0 Å². The van der Waals surface area contributed by atoms with Crippen LogP contribution in [0.15, 0.2) is 54.6 Å². The number of hydrogen-bond donors (Lipinski definition) is 0. The molecular formula is C22H30N2O. The minimum atomic E-state index is 0.834. The number of rotatable bonds is 2. The lowest BCUT2D eigenvalue weighted by atomic mass is 10.2. The Balaban J connectivity index is 0.000000235. The minimum Gasteiger partial charge on any atom is -0.494 e. The Morgan fingerprint density at radius 3 is 2.04 bits per heavy atom. The molecule has 134 valence electrons. The van der Waals surface area contributed by atoms with Gasteiger partial charge in [-0.2, -0.15) is 0 Å². The number of benzene rings is 2. The lowest BCUT2D eigenvalue weighted by Crippen LogP contribution is -2.07. The lowest BCUT2D eigenvalue weighted by molar-refractivity contribution is 0.419. The van der Waals surface area contributed by atoms with Crippen LogP contribution in [0, 0.1) is 13.8 Å². The van der Waals surface area contributed by atoms with Gasteiger partial charge in [0.2, 0.25) is 0 Å². The maximum atomic E-state index is 5.22. The second-order valence-electron chi connectivity index (χ2n) is 5.71. The minimum absolute atomic E-state index is 0.834. The fourth-order valence-electron chi connectivity index (χ4n) is 2.23. The Kier molecular flexibility index (Phi) is 8.48. The third kappa shape index (κ3) is 6.11. The van der Waals surface area contributed by atoms with Crippen LogP contribution in [-0.2, 0) is 0 Å². The Morgan fingerprint density at radius 1 is 0.840 bits per heavy atom. The third-order valence-electron chi connectivity index (χ3n) is 3.59. The monoisotopic (exact) mass is 338 g/mol. The van der Waals surface area contributed by atoms with Gasteiger partial charge in [0.15, 0.2) is 0 Å². The molecule has 0 atom stereocenters. The largest absolute Gasteiger partial charge is 0.494 e. The number of nitrogens with zero attached hydrogens (tertiary/aromatic N) is 2. The molecule has 0 amide bonds. The summed E-state index contributed by atoms with van der Waals surface area (Å²) < 4.78 is 5.22. The highest BCUT2D eigenvalue weighted by molar-refractivity contribution is 5.84. The Hall–Kier alpha value is -2.55. The first kappa shape index (κ1) is 20.5. The van der Waals surface area contributed by atoms with Gasteiger partial charge in [-0.25, -0.2) is 4.98 Å². The summed E-state index contributed by atoms with van der Waals surface area (Å²) in [6.07, 6.45) is 0. The van der Waals surface area contributed by atoms with Crippen LogP contribution < -0.4 is 9.64 Å². The van der Waals surface area contributed by atoms with Crippen LogP contribution in [0.1, 0.15) is 25.1 Å². The molecule has 0 spiro atoms. The zero-order chi connectivity index (χ0) is 18.8. The Bertz CT molecular complexity index is 765. The molecule has 3 heteroatoms.